The summed E-state index contributed by atoms with van der Waals surface area (Å²) >= 11 is 0. The Morgan fingerprint density at radius 3 is 2.08 bits per heavy atom. The molecule has 1 unspecified atom stereocenters. The lowest BCUT2D eigenvalue weighted by molar-refractivity contribution is -0.386. The third-order valence-corrected chi connectivity index (χ3v) is 5.54. The van der Waals surface area contributed by atoms with Crippen LogP contribution < -0.4 is 4.74 Å². The average Bonchev–Trinajstić information content (AvgIpc) is 2.85. The molecule has 2 N–H and O–H groups in total. The molecule has 0 aliphatic rings. The number of rotatable bonds is 18. The van der Waals surface area contributed by atoms with Crippen molar-refractivity contribution >= 4 is 23.9 Å². The maximum Gasteiger partial charge on any atom is 0.335 e. The fourth-order valence-electron chi connectivity index (χ4n) is 3.66. The summed E-state index contributed by atoms with van der Waals surface area (Å²) in [5.41, 5.74) is -0.211. The number of nitro groups is 1. The Bertz CT molecular complexity index is 1010. The molecule has 2 aromatic carbocycles. The number of para-hydroxylation sites is 1. The van der Waals surface area contributed by atoms with Crippen LogP contribution in [0.3, 0.4) is 0 Å². The third-order valence-electron chi connectivity index (χ3n) is 5.54. The van der Waals surface area contributed by atoms with Gasteiger partial charge in [0.25, 0.3) is 5.69 Å². The number of hydrogen-bond acceptors (Lipinski definition) is 7. The minimum atomic E-state index is -1.30. The first-order valence-corrected chi connectivity index (χ1v) is 11.9. The minimum absolute atomic E-state index is 0.0232. The predicted octanol–water partition coefficient (Wildman–Crippen LogP) is 5.62. The SMILES string of the molecule is O=CCCCCCCCCCC(OCc1ccccc1[N+](=O)[O-])Oc1cc(C(=O)O)cc(C(=O)O)c1. The van der Waals surface area contributed by atoms with Gasteiger partial charge in [-0.3, -0.25) is 10.1 Å². The van der Waals surface area contributed by atoms with Gasteiger partial charge in [-0.05, 0) is 37.1 Å². The average molecular weight is 502 g/mol. The molecule has 0 aromatic heterocycles. The number of benzene rings is 2. The molecule has 1 atom stereocenters. The third kappa shape index (κ3) is 9.83. The number of carbonyl (C=O) groups excluding carboxylic acids is 1. The second-order valence-corrected chi connectivity index (χ2v) is 8.32. The Morgan fingerprint density at radius 1 is 0.917 bits per heavy atom. The Kier molecular flexibility index (Phi) is 12.1. The topological polar surface area (TPSA) is 153 Å². The predicted molar refractivity (Wildman–Crippen MR) is 130 cm³/mol. The van der Waals surface area contributed by atoms with Crippen LogP contribution in [0.1, 0.15) is 84.1 Å². The van der Waals surface area contributed by atoms with Gasteiger partial charge in [-0.2, -0.15) is 0 Å². The number of carbonyl (C=O) groups is 3. The lowest BCUT2D eigenvalue weighted by atomic mass is 10.1. The molecule has 0 fully saturated rings. The highest BCUT2D eigenvalue weighted by Gasteiger charge is 2.19. The molecule has 0 radical (unpaired) electrons. The van der Waals surface area contributed by atoms with Gasteiger partial charge in [-0.15, -0.1) is 0 Å². The van der Waals surface area contributed by atoms with E-state index < -0.39 is 23.2 Å². The zero-order valence-corrected chi connectivity index (χ0v) is 20.0. The number of ether oxygens (including phenoxy) is 2. The smallest absolute Gasteiger partial charge is 0.335 e. The van der Waals surface area contributed by atoms with Crippen molar-refractivity contribution in [2.24, 2.45) is 0 Å². The number of carboxylic acid groups (broad SMARTS) is 2. The van der Waals surface area contributed by atoms with Crippen LogP contribution in [0.15, 0.2) is 42.5 Å². The van der Waals surface area contributed by atoms with Crippen LogP contribution in [0.4, 0.5) is 5.69 Å². The number of nitro benzene ring substituents is 1. The second kappa shape index (κ2) is 15.3. The van der Waals surface area contributed by atoms with E-state index in [1.807, 2.05) is 0 Å². The van der Waals surface area contributed by atoms with Crippen molar-refractivity contribution in [3.8, 4) is 5.75 Å². The molecule has 0 spiro atoms. The van der Waals surface area contributed by atoms with Gasteiger partial charge in [0.2, 0.25) is 0 Å². The first kappa shape index (κ1) is 28.4. The summed E-state index contributed by atoms with van der Waals surface area (Å²) in [7, 11) is 0. The Balaban J connectivity index is 2.06. The molecule has 0 saturated carbocycles. The van der Waals surface area contributed by atoms with E-state index in [1.54, 1.807) is 18.2 Å². The summed E-state index contributed by atoms with van der Waals surface area (Å²) in [5.74, 6) is -2.57. The van der Waals surface area contributed by atoms with Crippen LogP contribution in [0.2, 0.25) is 0 Å². The van der Waals surface area contributed by atoms with Gasteiger partial charge in [-0.1, -0.05) is 44.2 Å². The zero-order chi connectivity index (χ0) is 26.3. The fraction of sp³-hybridized carbons (Fsp3) is 0.423. The summed E-state index contributed by atoms with van der Waals surface area (Å²) in [6.07, 6.45) is 7.63. The lowest BCUT2D eigenvalue weighted by Crippen LogP contribution is -2.21. The van der Waals surface area contributed by atoms with Crippen LogP contribution in [-0.2, 0) is 16.1 Å². The molecule has 0 aliphatic heterocycles. The normalized spacial score (nSPS) is 11.6. The van der Waals surface area contributed by atoms with E-state index in [9.17, 15) is 34.7 Å². The molecule has 10 nitrogen and oxygen atoms in total. The van der Waals surface area contributed by atoms with Crippen LogP contribution in [-0.4, -0.2) is 39.7 Å². The summed E-state index contributed by atoms with van der Waals surface area (Å²) in [6.45, 7) is -0.108. The Labute approximate surface area is 209 Å². The highest BCUT2D eigenvalue weighted by molar-refractivity contribution is 5.94. The zero-order valence-electron chi connectivity index (χ0n) is 20.0. The maximum absolute atomic E-state index is 11.4. The van der Waals surface area contributed by atoms with Crippen LogP contribution in [0.25, 0.3) is 0 Å². The summed E-state index contributed by atoms with van der Waals surface area (Å²) in [6, 6.07) is 9.64. The molecule has 10 heteroatoms. The molecule has 0 amide bonds. The Hall–Kier alpha value is -3.79. The molecule has 0 aliphatic carbocycles. The van der Waals surface area contributed by atoms with Gasteiger partial charge in [-0.25, -0.2) is 9.59 Å². The number of aldehydes is 1. The summed E-state index contributed by atoms with van der Waals surface area (Å²) in [4.78, 5) is 44.0. The van der Waals surface area contributed by atoms with Crippen molar-refractivity contribution in [1.82, 2.24) is 0 Å². The van der Waals surface area contributed by atoms with Gasteiger partial charge >= 0.3 is 11.9 Å². The van der Waals surface area contributed by atoms with Crippen molar-refractivity contribution < 1.29 is 39.0 Å². The van der Waals surface area contributed by atoms with Gasteiger partial charge in [0.1, 0.15) is 12.0 Å². The van der Waals surface area contributed by atoms with E-state index in [1.165, 1.54) is 18.2 Å². The molecule has 2 rings (SSSR count). The molecule has 0 saturated heterocycles. The summed E-state index contributed by atoms with van der Waals surface area (Å²) < 4.78 is 11.7. The highest BCUT2D eigenvalue weighted by Crippen LogP contribution is 2.24. The first-order valence-electron chi connectivity index (χ1n) is 11.9. The molecule has 36 heavy (non-hydrogen) atoms. The molecule has 194 valence electrons. The molecule has 0 heterocycles. The minimum Gasteiger partial charge on any atom is -0.478 e. The summed E-state index contributed by atoms with van der Waals surface area (Å²) in [5, 5.41) is 29.9. The van der Waals surface area contributed by atoms with E-state index in [4.69, 9.17) is 9.47 Å². The molecule has 0 bridgehead atoms. The van der Waals surface area contributed by atoms with Crippen LogP contribution in [0, 0.1) is 10.1 Å². The van der Waals surface area contributed by atoms with Gasteiger partial charge in [0, 0.05) is 18.9 Å². The van der Waals surface area contributed by atoms with E-state index in [0.717, 1.165) is 57.3 Å². The number of nitrogens with zero attached hydrogens (tertiary/aromatic N) is 1. The van der Waals surface area contributed by atoms with E-state index >= 15 is 0 Å². The van der Waals surface area contributed by atoms with E-state index in [2.05, 4.69) is 0 Å². The van der Waals surface area contributed by atoms with E-state index in [-0.39, 0.29) is 29.2 Å². The second-order valence-electron chi connectivity index (χ2n) is 8.32. The molecule has 2 aromatic rings. The van der Waals surface area contributed by atoms with Crippen molar-refractivity contribution in [3.63, 3.8) is 0 Å². The number of aromatic carboxylic acids is 2. The van der Waals surface area contributed by atoms with Crippen LogP contribution >= 0.6 is 0 Å². The number of unbranched alkanes of at least 4 members (excludes halogenated alkanes) is 7. The molecular formula is C26H31NO9. The van der Waals surface area contributed by atoms with Crippen molar-refractivity contribution in [2.45, 2.75) is 70.7 Å². The number of carboxylic acids is 2. The lowest BCUT2D eigenvalue weighted by Gasteiger charge is -2.20. The van der Waals surface area contributed by atoms with Crippen molar-refractivity contribution in [2.75, 3.05) is 0 Å². The first-order chi connectivity index (χ1) is 17.3. The number of hydrogen-bond donors (Lipinski definition) is 2. The molecular weight excluding hydrogens is 470 g/mol. The van der Waals surface area contributed by atoms with Gasteiger partial charge in [0.15, 0.2) is 6.29 Å². The fourth-order valence-corrected chi connectivity index (χ4v) is 3.66. The van der Waals surface area contributed by atoms with Gasteiger partial charge in [0.05, 0.1) is 28.2 Å². The highest BCUT2D eigenvalue weighted by atomic mass is 16.7. The van der Waals surface area contributed by atoms with Gasteiger partial charge < -0.3 is 24.5 Å². The maximum atomic E-state index is 11.4. The standard InChI is InChI=1S/C26H31NO9/c28-14-10-6-4-2-1-3-5-7-13-24(35-18-19-11-8-9-12-23(19)27(33)34)36-22-16-20(25(29)30)15-21(17-22)26(31)32/h8-9,11-12,14-17,24H,1-7,10,13,18H2,(H,29,30)(H,31,32). The quantitative estimate of drug-likeness (QED) is 0.0870. The van der Waals surface area contributed by atoms with Crippen molar-refractivity contribution in [3.05, 3.63) is 69.3 Å². The van der Waals surface area contributed by atoms with E-state index in [0.29, 0.717) is 18.4 Å². The monoisotopic (exact) mass is 501 g/mol. The van der Waals surface area contributed by atoms with Crippen LogP contribution in [0.5, 0.6) is 5.75 Å². The Morgan fingerprint density at radius 2 is 1.50 bits per heavy atom. The van der Waals surface area contributed by atoms with Crippen molar-refractivity contribution in [1.29, 1.82) is 0 Å². The largest absolute Gasteiger partial charge is 0.478 e.